The molecule has 0 spiro atoms. The third-order valence-electron chi connectivity index (χ3n) is 8.05. The summed E-state index contributed by atoms with van der Waals surface area (Å²) in [6.45, 7) is 11.5. The van der Waals surface area contributed by atoms with E-state index in [1.54, 1.807) is 0 Å². The number of hydrogen-bond acceptors (Lipinski definition) is 3. The first-order valence-electron chi connectivity index (χ1n) is 15.9. The van der Waals surface area contributed by atoms with E-state index in [9.17, 15) is 4.79 Å². The molecule has 0 radical (unpaired) electrons. The molecule has 208 valence electrons. The van der Waals surface area contributed by atoms with Crippen molar-refractivity contribution in [1.29, 1.82) is 0 Å². The second-order valence-corrected chi connectivity index (χ2v) is 15.6. The van der Waals surface area contributed by atoms with Crippen molar-refractivity contribution in [1.82, 2.24) is 0 Å². The van der Waals surface area contributed by atoms with Crippen molar-refractivity contribution >= 4 is 14.3 Å². The van der Waals surface area contributed by atoms with E-state index in [-0.39, 0.29) is 24.1 Å². The Labute approximate surface area is 221 Å². The minimum absolute atomic E-state index is 0.0486. The normalized spacial score (nSPS) is 18.9. The van der Waals surface area contributed by atoms with Crippen molar-refractivity contribution in [3.8, 4) is 0 Å². The molecule has 1 rings (SSSR count). The SMILES string of the molecule is CCCCCCCCCCC[C@@H](C[C@@H]1OC(=O)[C@H]1CCCCCC)O[Si](CCC)(CCC)CCC. The summed E-state index contributed by atoms with van der Waals surface area (Å²) in [4.78, 5) is 12.3. The average Bonchev–Trinajstić information content (AvgIpc) is 2.83. The molecule has 1 aliphatic rings. The van der Waals surface area contributed by atoms with Gasteiger partial charge in [0.15, 0.2) is 8.32 Å². The fourth-order valence-corrected chi connectivity index (χ4v) is 10.9. The molecule has 1 fully saturated rings. The molecule has 0 aromatic heterocycles. The smallest absolute Gasteiger partial charge is 0.313 e. The van der Waals surface area contributed by atoms with Gasteiger partial charge in [0.25, 0.3) is 0 Å². The first-order chi connectivity index (χ1) is 17.1. The van der Waals surface area contributed by atoms with Gasteiger partial charge in [-0.3, -0.25) is 4.79 Å². The Bertz CT molecular complexity index is 492. The number of esters is 1. The summed E-state index contributed by atoms with van der Waals surface area (Å²) in [5.41, 5.74) is 0. The van der Waals surface area contributed by atoms with E-state index in [1.807, 2.05) is 0 Å². The van der Waals surface area contributed by atoms with E-state index < -0.39 is 8.32 Å². The third kappa shape index (κ3) is 13.7. The Kier molecular flexibility index (Phi) is 19.3. The van der Waals surface area contributed by atoms with Crippen LogP contribution in [0.1, 0.15) is 157 Å². The molecule has 0 amide bonds. The maximum atomic E-state index is 12.3. The summed E-state index contributed by atoms with van der Waals surface area (Å²) in [5.74, 6) is 0.174. The topological polar surface area (TPSA) is 35.5 Å². The highest BCUT2D eigenvalue weighted by Crippen LogP contribution is 2.36. The molecule has 0 N–H and O–H groups in total. The van der Waals surface area contributed by atoms with Crippen LogP contribution in [0.25, 0.3) is 0 Å². The molecule has 0 aromatic carbocycles. The minimum atomic E-state index is -1.72. The molecule has 0 bridgehead atoms. The Morgan fingerprint density at radius 2 is 1.17 bits per heavy atom. The van der Waals surface area contributed by atoms with Crippen LogP contribution in [0.4, 0.5) is 0 Å². The van der Waals surface area contributed by atoms with Gasteiger partial charge in [-0.15, -0.1) is 0 Å². The van der Waals surface area contributed by atoms with Crippen LogP contribution in [0.15, 0.2) is 0 Å². The van der Waals surface area contributed by atoms with Crippen molar-refractivity contribution in [2.75, 3.05) is 0 Å². The number of carbonyl (C=O) groups excluding carboxylic acids is 1. The Balaban J connectivity index is 2.66. The van der Waals surface area contributed by atoms with Crippen LogP contribution >= 0.6 is 0 Å². The lowest BCUT2D eigenvalue weighted by Crippen LogP contribution is -2.49. The molecule has 0 aromatic rings. The highest BCUT2D eigenvalue weighted by Gasteiger charge is 2.44. The quantitative estimate of drug-likeness (QED) is 0.0696. The number of rotatable bonds is 25. The predicted molar refractivity (Wildman–Crippen MR) is 155 cm³/mol. The van der Waals surface area contributed by atoms with Gasteiger partial charge in [-0.25, -0.2) is 0 Å². The molecular formula is C31H62O3Si. The molecule has 0 saturated carbocycles. The van der Waals surface area contributed by atoms with Gasteiger partial charge in [0.1, 0.15) is 6.10 Å². The summed E-state index contributed by atoms with van der Waals surface area (Å²) in [5, 5.41) is 0. The molecule has 1 saturated heterocycles. The Morgan fingerprint density at radius 3 is 1.66 bits per heavy atom. The van der Waals surface area contributed by atoms with E-state index in [2.05, 4.69) is 34.6 Å². The van der Waals surface area contributed by atoms with Gasteiger partial charge in [-0.05, 0) is 31.0 Å². The maximum absolute atomic E-state index is 12.3. The molecule has 3 atom stereocenters. The van der Waals surface area contributed by atoms with Crippen LogP contribution in [0.5, 0.6) is 0 Å². The fraction of sp³-hybridized carbons (Fsp3) is 0.968. The summed E-state index contributed by atoms with van der Waals surface area (Å²) in [6.07, 6.45) is 24.4. The summed E-state index contributed by atoms with van der Waals surface area (Å²) in [6, 6.07) is 3.86. The molecule has 4 heteroatoms. The van der Waals surface area contributed by atoms with E-state index in [0.717, 1.165) is 25.7 Å². The zero-order chi connectivity index (χ0) is 25.8. The second kappa shape index (κ2) is 20.7. The van der Waals surface area contributed by atoms with Gasteiger partial charge in [-0.2, -0.15) is 0 Å². The van der Waals surface area contributed by atoms with Gasteiger partial charge in [0.2, 0.25) is 0 Å². The van der Waals surface area contributed by atoms with Crippen molar-refractivity contribution in [2.24, 2.45) is 5.92 Å². The lowest BCUT2D eigenvalue weighted by molar-refractivity contribution is -0.188. The average molecular weight is 511 g/mol. The molecule has 0 unspecified atom stereocenters. The third-order valence-corrected chi connectivity index (χ3v) is 13.1. The van der Waals surface area contributed by atoms with Gasteiger partial charge < -0.3 is 9.16 Å². The van der Waals surface area contributed by atoms with Gasteiger partial charge in [-0.1, -0.05) is 137 Å². The fourth-order valence-electron chi connectivity index (χ4n) is 6.14. The van der Waals surface area contributed by atoms with Crippen molar-refractivity contribution in [2.45, 2.75) is 187 Å². The van der Waals surface area contributed by atoms with E-state index in [4.69, 9.17) is 9.16 Å². The molecule has 3 nitrogen and oxygen atoms in total. The van der Waals surface area contributed by atoms with Gasteiger partial charge in [0, 0.05) is 12.5 Å². The highest BCUT2D eigenvalue weighted by molar-refractivity contribution is 6.73. The summed E-state index contributed by atoms with van der Waals surface area (Å²) < 4.78 is 12.9. The van der Waals surface area contributed by atoms with Crippen molar-refractivity contribution in [3.05, 3.63) is 0 Å². The van der Waals surface area contributed by atoms with Crippen LogP contribution in [-0.2, 0) is 14.0 Å². The zero-order valence-corrected chi connectivity index (χ0v) is 25.5. The zero-order valence-electron chi connectivity index (χ0n) is 24.5. The number of cyclic esters (lactones) is 1. The second-order valence-electron chi connectivity index (χ2n) is 11.5. The highest BCUT2D eigenvalue weighted by atomic mass is 28.4. The number of hydrogen-bond donors (Lipinski definition) is 0. The number of ether oxygens (including phenoxy) is 1. The van der Waals surface area contributed by atoms with Gasteiger partial charge >= 0.3 is 5.97 Å². The van der Waals surface area contributed by atoms with Crippen molar-refractivity contribution < 1.29 is 14.0 Å². The lowest BCUT2D eigenvalue weighted by atomic mass is 9.86. The predicted octanol–water partition coefficient (Wildman–Crippen LogP) is 10.4. The summed E-state index contributed by atoms with van der Waals surface area (Å²) >= 11 is 0. The molecule has 1 aliphatic heterocycles. The van der Waals surface area contributed by atoms with E-state index in [1.165, 1.54) is 114 Å². The largest absolute Gasteiger partial charge is 0.461 e. The molecule has 0 aliphatic carbocycles. The lowest BCUT2D eigenvalue weighted by Gasteiger charge is -2.41. The van der Waals surface area contributed by atoms with E-state index >= 15 is 0 Å². The summed E-state index contributed by atoms with van der Waals surface area (Å²) in [7, 11) is -1.72. The first kappa shape index (κ1) is 32.7. The Morgan fingerprint density at radius 1 is 0.686 bits per heavy atom. The van der Waals surface area contributed by atoms with E-state index in [0.29, 0.717) is 0 Å². The van der Waals surface area contributed by atoms with Crippen LogP contribution < -0.4 is 0 Å². The van der Waals surface area contributed by atoms with Crippen LogP contribution in [0, 0.1) is 5.92 Å². The molecule has 35 heavy (non-hydrogen) atoms. The van der Waals surface area contributed by atoms with Crippen LogP contribution in [0.3, 0.4) is 0 Å². The maximum Gasteiger partial charge on any atom is 0.313 e. The van der Waals surface area contributed by atoms with Crippen molar-refractivity contribution in [3.63, 3.8) is 0 Å². The van der Waals surface area contributed by atoms with Gasteiger partial charge in [0.05, 0.1) is 5.92 Å². The number of unbranched alkanes of at least 4 members (excludes halogenated alkanes) is 11. The first-order valence-corrected chi connectivity index (χ1v) is 18.5. The molecular weight excluding hydrogens is 448 g/mol. The van der Waals surface area contributed by atoms with Crippen LogP contribution in [-0.4, -0.2) is 26.5 Å². The number of carbonyl (C=O) groups is 1. The van der Waals surface area contributed by atoms with Crippen LogP contribution in [0.2, 0.25) is 18.1 Å². The Hall–Kier alpha value is -0.353. The standard InChI is InChI=1S/C31H62O3Si/c1-6-11-13-15-16-17-18-19-20-22-28(34-35(24-8-3,25-9-4)26-10-5)27-30-29(31(32)33-30)23-21-14-12-7-2/h28-30H,6-27H2,1-5H3/t28-,29-,30-/m0/s1. The monoisotopic (exact) mass is 510 g/mol. The minimum Gasteiger partial charge on any atom is -0.461 e. The molecule has 1 heterocycles.